The van der Waals surface area contributed by atoms with Crippen LogP contribution in [0.1, 0.15) is 25.2 Å². The summed E-state index contributed by atoms with van der Waals surface area (Å²) < 4.78 is 13.3. The molecule has 0 aliphatic rings. The van der Waals surface area contributed by atoms with Gasteiger partial charge in [0.15, 0.2) is 6.10 Å². The van der Waals surface area contributed by atoms with E-state index in [9.17, 15) is 0 Å². The van der Waals surface area contributed by atoms with Gasteiger partial charge in [0.2, 0.25) is 0 Å². The maximum atomic E-state index is 6.13. The first-order valence-corrected chi connectivity index (χ1v) is 7.61. The van der Waals surface area contributed by atoms with E-state index in [1.165, 1.54) is 0 Å². The molecule has 2 unspecified atom stereocenters. The van der Waals surface area contributed by atoms with Crippen LogP contribution in [0.25, 0.3) is 0 Å². The summed E-state index contributed by atoms with van der Waals surface area (Å²) >= 11 is 6.90. The van der Waals surface area contributed by atoms with Crippen LogP contribution in [0.15, 0.2) is 50.0 Å². The van der Waals surface area contributed by atoms with E-state index in [1.807, 2.05) is 37.3 Å². The van der Waals surface area contributed by atoms with Gasteiger partial charge in [-0.3, -0.25) is 0 Å². The summed E-state index contributed by atoms with van der Waals surface area (Å²) in [6, 6.07) is 9.36. The van der Waals surface area contributed by atoms with E-state index in [1.54, 1.807) is 6.26 Å². The standard InChI is InChI=1S/C14H15Br2NO2/c1-2-11(17)14(13-4-3-7-18-13)19-12-6-5-9(15)8-10(12)16/h3-8,11,14H,2,17H2,1H3. The van der Waals surface area contributed by atoms with Crippen LogP contribution >= 0.6 is 31.9 Å². The summed E-state index contributed by atoms with van der Waals surface area (Å²) in [7, 11) is 0. The summed E-state index contributed by atoms with van der Waals surface area (Å²) in [4.78, 5) is 0. The SMILES string of the molecule is CCC(N)C(Oc1ccc(Br)cc1Br)c1ccco1. The van der Waals surface area contributed by atoms with Crippen molar-refractivity contribution >= 4 is 31.9 Å². The number of nitrogens with two attached hydrogens (primary N) is 1. The highest BCUT2D eigenvalue weighted by atomic mass is 79.9. The van der Waals surface area contributed by atoms with E-state index >= 15 is 0 Å². The highest BCUT2D eigenvalue weighted by Gasteiger charge is 2.24. The Hall–Kier alpha value is -0.780. The molecule has 0 amide bonds. The van der Waals surface area contributed by atoms with E-state index in [0.717, 1.165) is 26.9 Å². The molecule has 0 fully saturated rings. The molecule has 0 radical (unpaired) electrons. The number of ether oxygens (including phenoxy) is 1. The molecule has 0 saturated carbocycles. The first kappa shape index (κ1) is 14.6. The van der Waals surface area contributed by atoms with Gasteiger partial charge in [-0.25, -0.2) is 0 Å². The van der Waals surface area contributed by atoms with Gasteiger partial charge in [-0.15, -0.1) is 0 Å². The highest BCUT2D eigenvalue weighted by Crippen LogP contribution is 2.33. The van der Waals surface area contributed by atoms with Gasteiger partial charge in [-0.1, -0.05) is 22.9 Å². The lowest BCUT2D eigenvalue weighted by molar-refractivity contribution is 0.143. The fourth-order valence-corrected chi connectivity index (χ4v) is 2.87. The summed E-state index contributed by atoms with van der Waals surface area (Å²) in [5.74, 6) is 1.48. The lowest BCUT2D eigenvalue weighted by Gasteiger charge is -2.23. The zero-order chi connectivity index (χ0) is 13.8. The third kappa shape index (κ3) is 3.61. The summed E-state index contributed by atoms with van der Waals surface area (Å²) in [5.41, 5.74) is 6.13. The molecular weight excluding hydrogens is 374 g/mol. The number of hydrogen-bond acceptors (Lipinski definition) is 3. The number of furan rings is 1. The Morgan fingerprint density at radius 1 is 1.32 bits per heavy atom. The molecule has 19 heavy (non-hydrogen) atoms. The molecule has 1 aromatic heterocycles. The van der Waals surface area contributed by atoms with Crippen molar-refractivity contribution in [1.82, 2.24) is 0 Å². The van der Waals surface area contributed by atoms with Gasteiger partial charge in [0.25, 0.3) is 0 Å². The van der Waals surface area contributed by atoms with E-state index in [4.69, 9.17) is 14.9 Å². The van der Waals surface area contributed by atoms with E-state index < -0.39 is 0 Å². The summed E-state index contributed by atoms with van der Waals surface area (Å²) in [5, 5.41) is 0. The van der Waals surface area contributed by atoms with Gasteiger partial charge in [0, 0.05) is 10.5 Å². The average Bonchev–Trinajstić information content (AvgIpc) is 2.91. The van der Waals surface area contributed by atoms with Crippen LogP contribution in [0.2, 0.25) is 0 Å². The minimum atomic E-state index is -0.294. The third-order valence-electron chi connectivity index (χ3n) is 2.83. The van der Waals surface area contributed by atoms with Gasteiger partial charge < -0.3 is 14.9 Å². The first-order valence-electron chi connectivity index (χ1n) is 6.02. The second-order valence-corrected chi connectivity index (χ2v) is 5.97. The molecule has 3 nitrogen and oxygen atoms in total. The van der Waals surface area contributed by atoms with Crippen LogP contribution in [0.3, 0.4) is 0 Å². The quantitative estimate of drug-likeness (QED) is 0.809. The normalized spacial score (nSPS) is 14.1. The van der Waals surface area contributed by atoms with Gasteiger partial charge in [-0.2, -0.15) is 0 Å². The van der Waals surface area contributed by atoms with Crippen molar-refractivity contribution in [3.05, 3.63) is 51.3 Å². The Bertz CT molecular complexity index is 528. The van der Waals surface area contributed by atoms with Gasteiger partial charge in [0.1, 0.15) is 11.5 Å². The minimum Gasteiger partial charge on any atom is -0.480 e. The molecule has 0 bridgehead atoms. The highest BCUT2D eigenvalue weighted by molar-refractivity contribution is 9.11. The molecule has 1 aromatic carbocycles. The topological polar surface area (TPSA) is 48.4 Å². The van der Waals surface area contributed by atoms with Crippen molar-refractivity contribution in [1.29, 1.82) is 0 Å². The maximum absolute atomic E-state index is 6.13. The molecule has 2 aromatic rings. The fraction of sp³-hybridized carbons (Fsp3) is 0.286. The summed E-state index contributed by atoms with van der Waals surface area (Å²) in [6.07, 6.45) is 2.14. The Morgan fingerprint density at radius 2 is 2.11 bits per heavy atom. The molecule has 5 heteroatoms. The molecule has 0 aliphatic carbocycles. The molecule has 2 N–H and O–H groups in total. The maximum Gasteiger partial charge on any atom is 0.171 e. The Morgan fingerprint density at radius 3 is 2.68 bits per heavy atom. The number of rotatable bonds is 5. The lowest BCUT2D eigenvalue weighted by Crippen LogP contribution is -2.31. The molecule has 0 spiro atoms. The minimum absolute atomic E-state index is 0.123. The molecule has 1 heterocycles. The van der Waals surface area contributed by atoms with Crippen molar-refractivity contribution in [2.45, 2.75) is 25.5 Å². The van der Waals surface area contributed by atoms with E-state index in [-0.39, 0.29) is 12.1 Å². The largest absolute Gasteiger partial charge is 0.480 e. The van der Waals surface area contributed by atoms with E-state index in [2.05, 4.69) is 31.9 Å². The average molecular weight is 389 g/mol. The summed E-state index contributed by atoms with van der Waals surface area (Å²) in [6.45, 7) is 2.03. The van der Waals surface area contributed by atoms with Crippen LogP contribution in [-0.2, 0) is 0 Å². The number of halogens is 2. The van der Waals surface area contributed by atoms with Crippen molar-refractivity contribution in [3.63, 3.8) is 0 Å². The van der Waals surface area contributed by atoms with E-state index in [0.29, 0.717) is 0 Å². The van der Waals surface area contributed by atoms with Crippen LogP contribution < -0.4 is 10.5 Å². The fourth-order valence-electron chi connectivity index (χ4n) is 1.73. The molecule has 102 valence electrons. The molecular formula is C14H15Br2NO2. The van der Waals surface area contributed by atoms with Crippen molar-refractivity contribution < 1.29 is 9.15 Å². The molecule has 2 rings (SSSR count). The third-order valence-corrected chi connectivity index (χ3v) is 3.94. The van der Waals surface area contributed by atoms with Crippen LogP contribution in [0.5, 0.6) is 5.75 Å². The Balaban J connectivity index is 2.25. The second-order valence-electron chi connectivity index (χ2n) is 4.20. The predicted octanol–water partition coefficient (Wildman–Crippen LogP) is 4.66. The number of benzene rings is 1. The van der Waals surface area contributed by atoms with Gasteiger partial charge >= 0.3 is 0 Å². The smallest absolute Gasteiger partial charge is 0.171 e. The van der Waals surface area contributed by atoms with Crippen LogP contribution in [0.4, 0.5) is 0 Å². The lowest BCUT2D eigenvalue weighted by atomic mass is 10.1. The second kappa shape index (κ2) is 6.59. The van der Waals surface area contributed by atoms with Crippen molar-refractivity contribution in [2.75, 3.05) is 0 Å². The zero-order valence-corrected chi connectivity index (χ0v) is 13.6. The van der Waals surface area contributed by atoms with Crippen LogP contribution in [0, 0.1) is 0 Å². The van der Waals surface area contributed by atoms with Crippen molar-refractivity contribution in [3.8, 4) is 5.75 Å². The predicted molar refractivity (Wildman–Crippen MR) is 82.2 cm³/mol. The van der Waals surface area contributed by atoms with Gasteiger partial charge in [-0.05, 0) is 52.7 Å². The molecule has 0 saturated heterocycles. The Labute approximate surface area is 129 Å². The monoisotopic (exact) mass is 387 g/mol. The number of hydrogen-bond donors (Lipinski definition) is 1. The van der Waals surface area contributed by atoms with Crippen molar-refractivity contribution in [2.24, 2.45) is 5.73 Å². The van der Waals surface area contributed by atoms with Crippen LogP contribution in [-0.4, -0.2) is 6.04 Å². The van der Waals surface area contributed by atoms with Gasteiger partial charge in [0.05, 0.1) is 10.7 Å². The Kier molecular flexibility index (Phi) is 5.07. The zero-order valence-electron chi connectivity index (χ0n) is 10.5. The first-order chi connectivity index (χ1) is 9.11. The molecule has 2 atom stereocenters. The molecule has 0 aliphatic heterocycles.